The molecule has 0 radical (unpaired) electrons. The third-order valence-corrected chi connectivity index (χ3v) is 3.03. The molecule has 11 heavy (non-hydrogen) atoms. The Hall–Kier alpha value is -0.120. The zero-order chi connectivity index (χ0) is 8.48. The van der Waals surface area contributed by atoms with Crippen LogP contribution in [-0.4, -0.2) is 31.9 Å². The second kappa shape index (κ2) is 3.09. The smallest absolute Gasteiger partial charge is 0.118 e. The van der Waals surface area contributed by atoms with Crippen molar-refractivity contribution in [2.45, 2.75) is 13.8 Å². The summed E-state index contributed by atoms with van der Waals surface area (Å²) in [5.41, 5.74) is 6.63. The first-order valence-corrected chi connectivity index (χ1v) is 4.38. The number of rotatable bonds is 2. The van der Waals surface area contributed by atoms with Gasteiger partial charge in [0.05, 0.1) is 0 Å². The summed E-state index contributed by atoms with van der Waals surface area (Å²) in [7, 11) is 4.03. The zero-order valence-electron chi connectivity index (χ0n) is 8.02. The van der Waals surface area contributed by atoms with E-state index < -0.39 is 0 Å². The van der Waals surface area contributed by atoms with Gasteiger partial charge in [0, 0.05) is 25.9 Å². The van der Waals surface area contributed by atoms with Crippen LogP contribution in [0.15, 0.2) is 0 Å². The Balaban J connectivity index is 2.61. The minimum Gasteiger partial charge on any atom is -0.171 e. The highest BCUT2D eigenvalue weighted by Crippen LogP contribution is 2.24. The van der Waals surface area contributed by atoms with E-state index in [1.54, 1.807) is 0 Å². The molecular formula is C8H20N3+. The molecule has 0 bridgehead atoms. The standard InChI is InChI=1S/C8H20N3/c1-7-5-11(9-3,10-4)6-8(7)2/h7-10H,5-6H2,1-4H3/q+1. The van der Waals surface area contributed by atoms with Crippen molar-refractivity contribution in [2.75, 3.05) is 27.2 Å². The van der Waals surface area contributed by atoms with Gasteiger partial charge in [0.15, 0.2) is 0 Å². The summed E-state index contributed by atoms with van der Waals surface area (Å²) in [6, 6.07) is 0. The zero-order valence-corrected chi connectivity index (χ0v) is 8.02. The van der Waals surface area contributed by atoms with Gasteiger partial charge in [0.25, 0.3) is 0 Å². The molecule has 3 nitrogen and oxygen atoms in total. The molecule has 1 heterocycles. The summed E-state index contributed by atoms with van der Waals surface area (Å²) in [6.45, 7) is 7.01. The van der Waals surface area contributed by atoms with Crippen LogP contribution >= 0.6 is 0 Å². The maximum absolute atomic E-state index is 3.31. The molecule has 0 saturated carbocycles. The average Bonchev–Trinajstić information content (AvgIpc) is 2.29. The summed E-state index contributed by atoms with van der Waals surface area (Å²) in [6.07, 6.45) is 0. The molecule has 1 fully saturated rings. The lowest BCUT2D eigenvalue weighted by Crippen LogP contribution is -2.62. The molecule has 0 aromatic rings. The highest BCUT2D eigenvalue weighted by molar-refractivity contribution is 4.66. The van der Waals surface area contributed by atoms with Crippen molar-refractivity contribution in [3.8, 4) is 0 Å². The Morgan fingerprint density at radius 1 is 1.00 bits per heavy atom. The third kappa shape index (κ3) is 1.55. The van der Waals surface area contributed by atoms with Gasteiger partial charge in [-0.1, -0.05) is 13.8 Å². The minimum atomic E-state index is 0.815. The number of nitrogens with one attached hydrogen (secondary N) is 2. The number of nitrogens with zero attached hydrogens (tertiary/aromatic N) is 1. The van der Waals surface area contributed by atoms with Crippen molar-refractivity contribution < 1.29 is 4.70 Å². The normalized spacial score (nSPS) is 36.0. The third-order valence-electron chi connectivity index (χ3n) is 3.03. The molecule has 3 heteroatoms. The maximum atomic E-state index is 3.31. The van der Waals surface area contributed by atoms with Crippen LogP contribution in [0.4, 0.5) is 0 Å². The van der Waals surface area contributed by atoms with E-state index in [0.29, 0.717) is 0 Å². The van der Waals surface area contributed by atoms with Gasteiger partial charge in [-0.3, -0.25) is 0 Å². The topological polar surface area (TPSA) is 24.1 Å². The molecule has 1 aliphatic heterocycles. The quantitative estimate of drug-likeness (QED) is 0.567. The van der Waals surface area contributed by atoms with E-state index in [4.69, 9.17) is 0 Å². The summed E-state index contributed by atoms with van der Waals surface area (Å²) in [4.78, 5) is 0. The van der Waals surface area contributed by atoms with E-state index in [0.717, 1.165) is 16.5 Å². The van der Waals surface area contributed by atoms with Crippen molar-refractivity contribution in [3.63, 3.8) is 0 Å². The predicted molar refractivity (Wildman–Crippen MR) is 46.4 cm³/mol. The molecule has 1 saturated heterocycles. The van der Waals surface area contributed by atoms with Crippen LogP contribution in [0, 0.1) is 11.8 Å². The largest absolute Gasteiger partial charge is 0.171 e. The van der Waals surface area contributed by atoms with Gasteiger partial charge < -0.3 is 0 Å². The molecular weight excluding hydrogens is 138 g/mol. The van der Waals surface area contributed by atoms with Crippen molar-refractivity contribution in [2.24, 2.45) is 11.8 Å². The highest BCUT2D eigenvalue weighted by Gasteiger charge is 2.40. The maximum Gasteiger partial charge on any atom is 0.118 e. The van der Waals surface area contributed by atoms with Gasteiger partial charge in [-0.25, -0.2) is 0 Å². The fourth-order valence-corrected chi connectivity index (χ4v) is 1.89. The Kier molecular flexibility index (Phi) is 2.52. The van der Waals surface area contributed by atoms with Gasteiger partial charge in [0.1, 0.15) is 13.1 Å². The number of hydrogen-bond acceptors (Lipinski definition) is 2. The monoisotopic (exact) mass is 158 g/mol. The first-order chi connectivity index (χ1) is 5.13. The van der Waals surface area contributed by atoms with Crippen LogP contribution in [0.2, 0.25) is 0 Å². The Bertz CT molecular complexity index is 119. The molecule has 0 spiro atoms. The molecule has 0 aromatic heterocycles. The molecule has 0 amide bonds. The van der Waals surface area contributed by atoms with Crippen molar-refractivity contribution in [3.05, 3.63) is 0 Å². The van der Waals surface area contributed by atoms with Crippen LogP contribution in [0.25, 0.3) is 0 Å². The second-order valence-electron chi connectivity index (χ2n) is 3.73. The van der Waals surface area contributed by atoms with E-state index in [9.17, 15) is 0 Å². The first-order valence-electron chi connectivity index (χ1n) is 4.38. The Morgan fingerprint density at radius 3 is 1.55 bits per heavy atom. The van der Waals surface area contributed by atoms with Crippen LogP contribution in [0.3, 0.4) is 0 Å². The van der Waals surface area contributed by atoms with Crippen LogP contribution in [0.5, 0.6) is 0 Å². The number of hydrogen-bond donors (Lipinski definition) is 2. The van der Waals surface area contributed by atoms with Crippen molar-refractivity contribution in [1.29, 1.82) is 0 Å². The van der Waals surface area contributed by atoms with Crippen LogP contribution < -0.4 is 10.9 Å². The molecule has 1 rings (SSSR count). The lowest BCUT2D eigenvalue weighted by Gasteiger charge is -2.30. The first kappa shape index (κ1) is 8.97. The Morgan fingerprint density at radius 2 is 1.36 bits per heavy atom. The van der Waals surface area contributed by atoms with Gasteiger partial charge >= 0.3 is 0 Å². The van der Waals surface area contributed by atoms with Crippen molar-refractivity contribution >= 4 is 0 Å². The summed E-state index contributed by atoms with van der Waals surface area (Å²) >= 11 is 0. The van der Waals surface area contributed by atoms with E-state index >= 15 is 0 Å². The molecule has 1 aliphatic rings. The summed E-state index contributed by atoms with van der Waals surface area (Å²) in [5, 5.41) is 0. The fraction of sp³-hybridized carbons (Fsp3) is 1.00. The van der Waals surface area contributed by atoms with E-state index in [1.165, 1.54) is 13.1 Å². The highest BCUT2D eigenvalue weighted by atomic mass is 15.9. The summed E-state index contributed by atoms with van der Waals surface area (Å²) < 4.78 is 0.863. The molecule has 0 aliphatic carbocycles. The van der Waals surface area contributed by atoms with Gasteiger partial charge in [-0.05, 0) is 0 Å². The van der Waals surface area contributed by atoms with Crippen LogP contribution in [0.1, 0.15) is 13.8 Å². The average molecular weight is 158 g/mol. The fourth-order valence-electron chi connectivity index (χ4n) is 1.89. The molecule has 0 aromatic carbocycles. The minimum absolute atomic E-state index is 0.815. The predicted octanol–water partition coefficient (Wildman–Crippen LogP) is 0.358. The van der Waals surface area contributed by atoms with Crippen LogP contribution in [-0.2, 0) is 0 Å². The SMILES string of the molecule is CN[N+]1(NC)CC(C)C(C)C1. The molecule has 66 valence electrons. The van der Waals surface area contributed by atoms with Gasteiger partial charge in [-0.15, -0.1) is 0 Å². The molecule has 2 N–H and O–H groups in total. The molecule has 2 unspecified atom stereocenters. The van der Waals surface area contributed by atoms with E-state index in [1.807, 2.05) is 14.1 Å². The van der Waals surface area contributed by atoms with Gasteiger partial charge in [0.2, 0.25) is 0 Å². The van der Waals surface area contributed by atoms with Gasteiger partial charge in [-0.2, -0.15) is 15.6 Å². The molecule has 2 atom stereocenters. The second-order valence-corrected chi connectivity index (χ2v) is 3.73. The lowest BCUT2D eigenvalue weighted by molar-refractivity contribution is -0.997. The number of quaternary nitrogens is 1. The van der Waals surface area contributed by atoms with E-state index in [-0.39, 0.29) is 0 Å². The van der Waals surface area contributed by atoms with E-state index in [2.05, 4.69) is 24.7 Å². The Labute approximate surface area is 69.3 Å². The van der Waals surface area contributed by atoms with Crippen molar-refractivity contribution in [1.82, 2.24) is 10.9 Å². The summed E-state index contributed by atoms with van der Waals surface area (Å²) in [5.74, 6) is 1.63. The lowest BCUT2D eigenvalue weighted by atomic mass is 10.0.